The smallest absolute Gasteiger partial charge is 0.142 e. The van der Waals surface area contributed by atoms with Gasteiger partial charge in [-0.15, -0.1) is 11.3 Å². The summed E-state index contributed by atoms with van der Waals surface area (Å²) in [4.78, 5) is 11.2. The van der Waals surface area contributed by atoms with Crippen LogP contribution in [0.1, 0.15) is 23.1 Å². The van der Waals surface area contributed by atoms with Crippen LogP contribution in [0.4, 0.5) is 0 Å². The van der Waals surface area contributed by atoms with Crippen LogP contribution in [0.3, 0.4) is 0 Å². The third-order valence-corrected chi connectivity index (χ3v) is 5.34. The molecule has 3 nitrogen and oxygen atoms in total. The summed E-state index contributed by atoms with van der Waals surface area (Å²) in [5.41, 5.74) is 4.04. The molecule has 2 aromatic carbocycles. The molecule has 122 valence electrons. The van der Waals surface area contributed by atoms with E-state index in [1.54, 1.807) is 11.3 Å². The van der Waals surface area contributed by atoms with Crippen molar-refractivity contribution in [3.63, 3.8) is 0 Å². The molecule has 1 aromatic heterocycles. The lowest BCUT2D eigenvalue weighted by molar-refractivity contribution is 0.130. The number of aryl methyl sites for hydroxylation is 1. The van der Waals surface area contributed by atoms with Gasteiger partial charge < -0.3 is 4.84 Å². The van der Waals surface area contributed by atoms with Crippen molar-refractivity contribution in [1.29, 1.82) is 0 Å². The minimum atomic E-state index is 0.468. The Morgan fingerprint density at radius 1 is 1.12 bits per heavy atom. The van der Waals surface area contributed by atoms with Crippen LogP contribution in [-0.4, -0.2) is 10.7 Å². The molecule has 0 aliphatic rings. The average Bonchev–Trinajstić information content (AvgIpc) is 2.98. The summed E-state index contributed by atoms with van der Waals surface area (Å²) in [6.07, 6.45) is 0. The van der Waals surface area contributed by atoms with E-state index in [0.717, 1.165) is 36.9 Å². The number of benzene rings is 2. The van der Waals surface area contributed by atoms with Gasteiger partial charge >= 0.3 is 0 Å². The molecule has 0 radical (unpaired) electrons. The number of thiazole rings is 1. The van der Waals surface area contributed by atoms with Gasteiger partial charge in [0, 0.05) is 10.0 Å². The third-order valence-electron chi connectivity index (χ3n) is 3.49. The number of aromatic nitrogens is 1. The monoisotopic (exact) mass is 400 g/mol. The molecule has 0 saturated carbocycles. The summed E-state index contributed by atoms with van der Waals surface area (Å²) in [7, 11) is 0. The van der Waals surface area contributed by atoms with E-state index in [1.807, 2.05) is 56.3 Å². The molecule has 0 atom stereocenters. The van der Waals surface area contributed by atoms with E-state index in [9.17, 15) is 0 Å². The highest BCUT2D eigenvalue weighted by Gasteiger charge is 2.12. The highest BCUT2D eigenvalue weighted by atomic mass is 79.9. The van der Waals surface area contributed by atoms with Gasteiger partial charge in [0.1, 0.15) is 11.6 Å². The molecule has 0 amide bonds. The fraction of sp³-hybridized carbons (Fsp3) is 0.158. The van der Waals surface area contributed by atoms with Gasteiger partial charge in [-0.25, -0.2) is 4.98 Å². The second-order valence-electron chi connectivity index (χ2n) is 5.38. The molecule has 0 saturated heterocycles. The Morgan fingerprint density at radius 3 is 2.54 bits per heavy atom. The standard InChI is InChI=1S/C19H17BrN2OS/c1-13-18(14(2)22-23-12-15-6-4-3-5-7-15)24-19(21-13)16-8-10-17(20)11-9-16/h3-11H,12H2,1-2H3/b22-14+. The second kappa shape index (κ2) is 7.73. The van der Waals surface area contributed by atoms with E-state index in [4.69, 9.17) is 4.84 Å². The van der Waals surface area contributed by atoms with Crippen LogP contribution in [-0.2, 0) is 11.4 Å². The lowest BCUT2D eigenvalue weighted by Gasteiger charge is -2.01. The van der Waals surface area contributed by atoms with Crippen LogP contribution < -0.4 is 0 Å². The summed E-state index contributed by atoms with van der Waals surface area (Å²) in [6.45, 7) is 4.43. The van der Waals surface area contributed by atoms with E-state index in [0.29, 0.717) is 6.61 Å². The Hall–Kier alpha value is -1.98. The van der Waals surface area contributed by atoms with E-state index >= 15 is 0 Å². The fourth-order valence-electron chi connectivity index (χ4n) is 2.27. The number of nitrogens with zero attached hydrogens (tertiary/aromatic N) is 2. The minimum Gasteiger partial charge on any atom is -0.391 e. The first-order chi connectivity index (χ1) is 11.6. The van der Waals surface area contributed by atoms with E-state index < -0.39 is 0 Å². The molecule has 0 aliphatic carbocycles. The predicted molar refractivity (Wildman–Crippen MR) is 103 cm³/mol. The van der Waals surface area contributed by atoms with Crippen molar-refractivity contribution in [3.05, 3.63) is 75.2 Å². The van der Waals surface area contributed by atoms with Crippen LogP contribution in [0, 0.1) is 6.92 Å². The van der Waals surface area contributed by atoms with Crippen molar-refractivity contribution in [2.24, 2.45) is 5.16 Å². The number of hydrogen-bond acceptors (Lipinski definition) is 4. The zero-order chi connectivity index (χ0) is 16.9. The van der Waals surface area contributed by atoms with Gasteiger partial charge in [0.05, 0.1) is 16.3 Å². The molecule has 0 unspecified atom stereocenters. The Balaban J connectivity index is 1.74. The number of hydrogen-bond donors (Lipinski definition) is 0. The summed E-state index contributed by atoms with van der Waals surface area (Å²) in [5, 5.41) is 5.24. The first kappa shape index (κ1) is 16.9. The van der Waals surface area contributed by atoms with E-state index in [-0.39, 0.29) is 0 Å². The van der Waals surface area contributed by atoms with Crippen molar-refractivity contribution in [1.82, 2.24) is 4.98 Å². The Morgan fingerprint density at radius 2 is 1.83 bits per heavy atom. The normalized spacial score (nSPS) is 11.5. The molecule has 24 heavy (non-hydrogen) atoms. The summed E-state index contributed by atoms with van der Waals surface area (Å²) >= 11 is 5.09. The Bertz CT molecular complexity index is 842. The molecular weight excluding hydrogens is 384 g/mol. The zero-order valence-corrected chi connectivity index (χ0v) is 15.9. The third kappa shape index (κ3) is 4.10. The van der Waals surface area contributed by atoms with Crippen LogP contribution >= 0.6 is 27.3 Å². The van der Waals surface area contributed by atoms with E-state index in [2.05, 4.69) is 38.2 Å². The highest BCUT2D eigenvalue weighted by Crippen LogP contribution is 2.29. The highest BCUT2D eigenvalue weighted by molar-refractivity contribution is 9.10. The largest absolute Gasteiger partial charge is 0.391 e. The molecule has 3 aromatic rings. The zero-order valence-electron chi connectivity index (χ0n) is 13.5. The molecule has 0 fully saturated rings. The second-order valence-corrected chi connectivity index (χ2v) is 7.29. The van der Waals surface area contributed by atoms with Crippen LogP contribution in [0.25, 0.3) is 10.6 Å². The van der Waals surface area contributed by atoms with Gasteiger partial charge in [0.15, 0.2) is 0 Å². The van der Waals surface area contributed by atoms with Gasteiger partial charge in [-0.3, -0.25) is 0 Å². The quantitative estimate of drug-likeness (QED) is 0.399. The minimum absolute atomic E-state index is 0.468. The van der Waals surface area contributed by atoms with Crippen LogP contribution in [0.2, 0.25) is 0 Å². The Labute approximate surface area is 154 Å². The molecule has 1 heterocycles. The number of halogens is 1. The predicted octanol–water partition coefficient (Wildman–Crippen LogP) is 5.82. The van der Waals surface area contributed by atoms with Crippen molar-refractivity contribution in [2.75, 3.05) is 0 Å². The summed E-state index contributed by atoms with van der Waals surface area (Å²) in [6, 6.07) is 18.2. The van der Waals surface area contributed by atoms with E-state index in [1.165, 1.54) is 0 Å². The molecule has 3 rings (SSSR count). The lowest BCUT2D eigenvalue weighted by Crippen LogP contribution is -1.96. The summed E-state index contributed by atoms with van der Waals surface area (Å²) in [5.74, 6) is 0. The average molecular weight is 401 g/mol. The number of oxime groups is 1. The van der Waals surface area contributed by atoms with Crippen LogP contribution in [0.5, 0.6) is 0 Å². The topological polar surface area (TPSA) is 34.5 Å². The van der Waals surface area contributed by atoms with Gasteiger partial charge in [0.2, 0.25) is 0 Å². The Kier molecular flexibility index (Phi) is 5.43. The van der Waals surface area contributed by atoms with Gasteiger partial charge in [-0.1, -0.05) is 63.6 Å². The molecule has 0 N–H and O–H groups in total. The summed E-state index contributed by atoms with van der Waals surface area (Å²) < 4.78 is 1.06. The maximum Gasteiger partial charge on any atom is 0.142 e. The van der Waals surface area contributed by atoms with Crippen LogP contribution in [0.15, 0.2) is 64.2 Å². The first-order valence-corrected chi connectivity index (χ1v) is 9.18. The molecular formula is C19H17BrN2OS. The lowest BCUT2D eigenvalue weighted by atomic mass is 10.2. The molecule has 5 heteroatoms. The van der Waals surface area contributed by atoms with Gasteiger partial charge in [-0.2, -0.15) is 0 Å². The SMILES string of the molecule is C/C(=N\OCc1ccccc1)c1sc(-c2ccc(Br)cc2)nc1C. The molecule has 0 aliphatic heterocycles. The van der Waals surface area contributed by atoms with Crippen molar-refractivity contribution >= 4 is 33.0 Å². The van der Waals surface area contributed by atoms with Gasteiger partial charge in [0.25, 0.3) is 0 Å². The first-order valence-electron chi connectivity index (χ1n) is 7.57. The maximum absolute atomic E-state index is 5.48. The molecule has 0 spiro atoms. The maximum atomic E-state index is 5.48. The number of rotatable bonds is 5. The fourth-order valence-corrected chi connectivity index (χ4v) is 3.54. The van der Waals surface area contributed by atoms with Gasteiger partial charge in [-0.05, 0) is 31.5 Å². The van der Waals surface area contributed by atoms with Crippen molar-refractivity contribution < 1.29 is 4.84 Å². The van der Waals surface area contributed by atoms with Crippen molar-refractivity contribution in [3.8, 4) is 10.6 Å². The molecule has 0 bridgehead atoms. The van der Waals surface area contributed by atoms with Crippen molar-refractivity contribution in [2.45, 2.75) is 20.5 Å².